The van der Waals surface area contributed by atoms with Gasteiger partial charge >= 0.3 is 6.03 Å². The monoisotopic (exact) mass is 381 g/mol. The molecule has 2 heterocycles. The number of carbonyl (C=O) groups excluding carboxylic acids is 1. The smallest absolute Gasteiger partial charge is 0.325 e. The molecule has 6 nitrogen and oxygen atoms in total. The lowest BCUT2D eigenvalue weighted by molar-refractivity contribution is 0.159. The van der Waals surface area contributed by atoms with Crippen LogP contribution in [0.2, 0.25) is 0 Å². The molecule has 0 bridgehead atoms. The molecule has 2 aromatic carbocycles. The van der Waals surface area contributed by atoms with E-state index < -0.39 is 0 Å². The molecule has 1 saturated heterocycles. The minimum atomic E-state index is -0.190. The van der Waals surface area contributed by atoms with Gasteiger partial charge in [-0.25, -0.2) is 4.79 Å². The average molecular weight is 381 g/mol. The van der Waals surface area contributed by atoms with Crippen LogP contribution in [0.15, 0.2) is 48.5 Å². The van der Waals surface area contributed by atoms with Crippen molar-refractivity contribution < 1.29 is 14.3 Å². The van der Waals surface area contributed by atoms with Gasteiger partial charge in [-0.3, -0.25) is 4.90 Å². The van der Waals surface area contributed by atoms with E-state index in [1.54, 1.807) is 7.11 Å². The van der Waals surface area contributed by atoms with Crippen molar-refractivity contribution in [3.8, 4) is 11.5 Å². The molecular formula is C22H27N3O3. The fourth-order valence-electron chi connectivity index (χ4n) is 4.02. The van der Waals surface area contributed by atoms with Crippen molar-refractivity contribution in [3.63, 3.8) is 0 Å². The molecule has 0 aromatic heterocycles. The van der Waals surface area contributed by atoms with E-state index in [1.165, 1.54) is 0 Å². The maximum Gasteiger partial charge on any atom is 0.325 e. The van der Waals surface area contributed by atoms with Crippen LogP contribution in [0.4, 0.5) is 10.5 Å². The third-order valence-electron chi connectivity index (χ3n) is 5.41. The van der Waals surface area contributed by atoms with Crippen LogP contribution in [0, 0.1) is 0 Å². The van der Waals surface area contributed by atoms with Crippen LogP contribution in [-0.4, -0.2) is 62.7 Å². The second kappa shape index (κ2) is 7.72. The molecule has 0 aliphatic carbocycles. The summed E-state index contributed by atoms with van der Waals surface area (Å²) in [4.78, 5) is 19.3. The van der Waals surface area contributed by atoms with Gasteiger partial charge in [-0.2, -0.15) is 0 Å². The van der Waals surface area contributed by atoms with Gasteiger partial charge in [-0.15, -0.1) is 0 Å². The fourth-order valence-corrected chi connectivity index (χ4v) is 4.02. The Morgan fingerprint density at radius 1 is 1.18 bits per heavy atom. The van der Waals surface area contributed by atoms with E-state index in [1.807, 2.05) is 46.2 Å². The first-order valence-corrected chi connectivity index (χ1v) is 9.71. The van der Waals surface area contributed by atoms with Crippen LogP contribution in [0.1, 0.15) is 18.1 Å². The number of nitrogens with zero attached hydrogens (tertiary/aromatic N) is 3. The number of hydrogen-bond acceptors (Lipinski definition) is 4. The minimum Gasteiger partial charge on any atom is -0.497 e. The van der Waals surface area contributed by atoms with Crippen molar-refractivity contribution in [2.45, 2.75) is 18.6 Å². The van der Waals surface area contributed by atoms with Gasteiger partial charge in [-0.05, 0) is 44.8 Å². The quantitative estimate of drug-likeness (QED) is 0.769. The van der Waals surface area contributed by atoms with E-state index in [4.69, 9.17) is 9.47 Å². The first kappa shape index (κ1) is 18.6. The third kappa shape index (κ3) is 3.40. The first-order valence-electron chi connectivity index (χ1n) is 9.71. The van der Waals surface area contributed by atoms with E-state index in [0.717, 1.165) is 42.3 Å². The van der Waals surface area contributed by atoms with Gasteiger partial charge in [0.05, 0.1) is 18.8 Å². The molecule has 28 heavy (non-hydrogen) atoms. The molecule has 0 N–H and O–H groups in total. The highest BCUT2D eigenvalue weighted by Crippen LogP contribution is 2.46. The molecule has 6 heteroatoms. The Morgan fingerprint density at radius 3 is 2.68 bits per heavy atom. The highest BCUT2D eigenvalue weighted by Gasteiger charge is 2.47. The average Bonchev–Trinajstić information content (AvgIpc) is 3.04. The predicted molar refractivity (Wildman–Crippen MR) is 109 cm³/mol. The first-order chi connectivity index (χ1) is 13.6. The molecule has 2 aromatic rings. The standard InChI is InChI=1S/C22H27N3O3/c1-23(2)12-7-13-24-15-19-21(16-8-5-4-6-9-16)28-20-11-10-17(27-3)14-18(20)25(19)22(24)26/h4-6,8-11,14,19,21H,7,12-13,15H2,1-3H3. The maximum absolute atomic E-state index is 13.3. The summed E-state index contributed by atoms with van der Waals surface area (Å²) in [5.74, 6) is 1.44. The van der Waals surface area contributed by atoms with Gasteiger partial charge < -0.3 is 19.3 Å². The summed E-state index contributed by atoms with van der Waals surface area (Å²) in [7, 11) is 5.74. The second-order valence-electron chi connectivity index (χ2n) is 7.61. The molecule has 148 valence electrons. The Bertz CT molecular complexity index is 840. The molecule has 2 unspecified atom stereocenters. The van der Waals surface area contributed by atoms with Crippen molar-refractivity contribution in [1.82, 2.24) is 9.80 Å². The summed E-state index contributed by atoms with van der Waals surface area (Å²) in [6.07, 6.45) is 0.756. The number of benzene rings is 2. The van der Waals surface area contributed by atoms with Crippen LogP contribution in [0.3, 0.4) is 0 Å². The molecule has 2 aliphatic rings. The zero-order valence-electron chi connectivity index (χ0n) is 16.7. The Balaban J connectivity index is 1.67. The van der Waals surface area contributed by atoms with Gasteiger partial charge in [0.15, 0.2) is 0 Å². The number of urea groups is 1. The van der Waals surface area contributed by atoms with Crippen molar-refractivity contribution in [1.29, 1.82) is 0 Å². The number of ether oxygens (including phenoxy) is 2. The van der Waals surface area contributed by atoms with Gasteiger partial charge in [0, 0.05) is 19.2 Å². The lowest BCUT2D eigenvalue weighted by atomic mass is 9.99. The van der Waals surface area contributed by atoms with Gasteiger partial charge in [0.1, 0.15) is 17.6 Å². The number of anilines is 1. The summed E-state index contributed by atoms with van der Waals surface area (Å²) in [6, 6.07) is 15.8. The SMILES string of the molecule is COc1ccc2c(c1)N1C(=O)N(CCCN(C)C)CC1C(c1ccccc1)O2. The van der Waals surface area contributed by atoms with E-state index in [9.17, 15) is 4.79 Å². The van der Waals surface area contributed by atoms with Crippen molar-refractivity contribution in [2.75, 3.05) is 45.7 Å². The highest BCUT2D eigenvalue weighted by molar-refractivity contribution is 5.97. The number of amides is 2. The molecule has 1 fully saturated rings. The maximum atomic E-state index is 13.3. The van der Waals surface area contributed by atoms with Gasteiger partial charge in [0.2, 0.25) is 0 Å². The molecule has 0 saturated carbocycles. The third-order valence-corrected chi connectivity index (χ3v) is 5.41. The van der Waals surface area contributed by atoms with Crippen molar-refractivity contribution in [2.24, 2.45) is 0 Å². The molecule has 0 radical (unpaired) electrons. The number of hydrogen-bond donors (Lipinski definition) is 0. The summed E-state index contributed by atoms with van der Waals surface area (Å²) < 4.78 is 11.8. The van der Waals surface area contributed by atoms with Gasteiger partial charge in [0.25, 0.3) is 0 Å². The van der Waals surface area contributed by atoms with Crippen LogP contribution in [0.25, 0.3) is 0 Å². The van der Waals surface area contributed by atoms with Crippen LogP contribution < -0.4 is 14.4 Å². The van der Waals surface area contributed by atoms with E-state index in [2.05, 4.69) is 31.1 Å². The van der Waals surface area contributed by atoms with Crippen molar-refractivity contribution in [3.05, 3.63) is 54.1 Å². The number of fused-ring (bicyclic) bond motifs is 3. The number of carbonyl (C=O) groups is 1. The summed E-state index contributed by atoms with van der Waals surface area (Å²) in [6.45, 7) is 2.35. The number of methoxy groups -OCH3 is 1. The van der Waals surface area contributed by atoms with E-state index in [-0.39, 0.29) is 18.2 Å². The molecule has 2 amide bonds. The van der Waals surface area contributed by atoms with E-state index >= 15 is 0 Å². The van der Waals surface area contributed by atoms with Crippen LogP contribution in [0.5, 0.6) is 11.5 Å². The Morgan fingerprint density at radius 2 is 1.96 bits per heavy atom. The minimum absolute atomic E-state index is 0.0440. The summed E-state index contributed by atoms with van der Waals surface area (Å²) in [5.41, 5.74) is 1.87. The second-order valence-corrected chi connectivity index (χ2v) is 7.61. The molecular weight excluding hydrogens is 354 g/mol. The predicted octanol–water partition coefficient (Wildman–Crippen LogP) is 3.39. The molecule has 4 rings (SSSR count). The molecule has 0 spiro atoms. The Kier molecular flexibility index (Phi) is 5.13. The summed E-state index contributed by atoms with van der Waals surface area (Å²) in [5, 5.41) is 0. The normalized spacial score (nSPS) is 20.8. The number of rotatable bonds is 6. The lowest BCUT2D eigenvalue weighted by Gasteiger charge is -2.37. The van der Waals surface area contributed by atoms with Crippen molar-refractivity contribution >= 4 is 11.7 Å². The largest absolute Gasteiger partial charge is 0.497 e. The van der Waals surface area contributed by atoms with Crippen LogP contribution >= 0.6 is 0 Å². The van der Waals surface area contributed by atoms with Crippen LogP contribution in [-0.2, 0) is 0 Å². The molecule has 2 atom stereocenters. The van der Waals surface area contributed by atoms with Gasteiger partial charge in [-0.1, -0.05) is 30.3 Å². The topological polar surface area (TPSA) is 45.2 Å². The highest BCUT2D eigenvalue weighted by atomic mass is 16.5. The zero-order chi connectivity index (χ0) is 19.7. The zero-order valence-corrected chi connectivity index (χ0v) is 16.7. The van der Waals surface area contributed by atoms with E-state index in [0.29, 0.717) is 6.54 Å². The molecule has 2 aliphatic heterocycles. The lowest BCUT2D eigenvalue weighted by Crippen LogP contribution is -2.43. The fraction of sp³-hybridized carbons (Fsp3) is 0.409. The Hall–Kier alpha value is -2.73. The Labute approximate surface area is 166 Å². The summed E-state index contributed by atoms with van der Waals surface area (Å²) >= 11 is 0.